The van der Waals surface area contributed by atoms with E-state index in [0.29, 0.717) is 12.5 Å². The summed E-state index contributed by atoms with van der Waals surface area (Å²) < 4.78 is 0. The van der Waals surface area contributed by atoms with E-state index in [2.05, 4.69) is 31.4 Å². The molecule has 2 aliphatic heterocycles. The van der Waals surface area contributed by atoms with Gasteiger partial charge in [0.15, 0.2) is 0 Å². The van der Waals surface area contributed by atoms with Gasteiger partial charge in [0.1, 0.15) is 11.6 Å². The monoisotopic (exact) mass is 295 g/mol. The lowest BCUT2D eigenvalue weighted by Gasteiger charge is -2.50. The Kier molecular flexibility index (Phi) is 5.25. The van der Waals surface area contributed by atoms with Crippen LogP contribution >= 0.6 is 0 Å². The highest BCUT2D eigenvalue weighted by Crippen LogP contribution is 2.32. The average molecular weight is 295 g/mol. The zero-order valence-electron chi connectivity index (χ0n) is 13.6. The Bertz CT molecular complexity index is 389. The van der Waals surface area contributed by atoms with Gasteiger partial charge in [-0.05, 0) is 44.7 Å². The van der Waals surface area contributed by atoms with Crippen molar-refractivity contribution in [1.29, 1.82) is 0 Å². The molecule has 0 saturated carbocycles. The van der Waals surface area contributed by atoms with E-state index < -0.39 is 5.54 Å². The topological polar surface area (TPSA) is 61.4 Å². The number of unbranched alkanes of at least 4 members (excludes halogenated alkanes) is 1. The second kappa shape index (κ2) is 6.77. The number of amides is 2. The Morgan fingerprint density at radius 1 is 1.29 bits per heavy atom. The van der Waals surface area contributed by atoms with Gasteiger partial charge in [-0.3, -0.25) is 9.59 Å². The number of piperazine rings is 1. The highest BCUT2D eigenvalue weighted by molar-refractivity contribution is 6.00. The molecule has 0 radical (unpaired) electrons. The number of carbonyl (C=O) groups is 2. The van der Waals surface area contributed by atoms with Gasteiger partial charge in [0.25, 0.3) is 0 Å². The molecule has 2 amide bonds. The van der Waals surface area contributed by atoms with Crippen LogP contribution in [-0.2, 0) is 9.59 Å². The smallest absolute Gasteiger partial charge is 0.246 e. The Hall–Kier alpha value is -1.10. The van der Waals surface area contributed by atoms with Crippen molar-refractivity contribution < 1.29 is 9.59 Å². The van der Waals surface area contributed by atoms with E-state index in [4.69, 9.17) is 0 Å². The first-order valence-corrected chi connectivity index (χ1v) is 8.34. The Balaban J connectivity index is 2.23. The minimum absolute atomic E-state index is 0.0605. The minimum atomic E-state index is -0.606. The molecule has 0 aromatic rings. The molecule has 0 bridgehead atoms. The van der Waals surface area contributed by atoms with Crippen molar-refractivity contribution in [3.05, 3.63) is 0 Å². The lowest BCUT2D eigenvalue weighted by Crippen LogP contribution is -2.72. The summed E-state index contributed by atoms with van der Waals surface area (Å²) in [6.45, 7) is 8.61. The molecule has 0 aliphatic carbocycles. The number of hydrogen-bond acceptors (Lipinski definition) is 3. The average Bonchev–Trinajstić information content (AvgIpc) is 2.45. The standard InChI is InChI=1S/C16H29N3O2/c1-4-5-10-19-14(20)13(11-12(2)3)18-15(21)16(19)6-8-17-9-7-16/h12-13,17H,4-11H2,1-3H3,(H,18,21)/t13-/m0/s1. The third-order valence-corrected chi connectivity index (χ3v) is 4.68. The number of nitrogens with one attached hydrogen (secondary N) is 2. The number of hydrogen-bond donors (Lipinski definition) is 2. The summed E-state index contributed by atoms with van der Waals surface area (Å²) in [7, 11) is 0. The number of nitrogens with zero attached hydrogens (tertiary/aromatic N) is 1. The van der Waals surface area contributed by atoms with Crippen LogP contribution in [-0.4, -0.2) is 47.9 Å². The normalized spacial score (nSPS) is 25.5. The van der Waals surface area contributed by atoms with E-state index in [1.54, 1.807) is 0 Å². The van der Waals surface area contributed by atoms with Crippen molar-refractivity contribution in [2.75, 3.05) is 19.6 Å². The highest BCUT2D eigenvalue weighted by atomic mass is 16.2. The van der Waals surface area contributed by atoms with Crippen LogP contribution in [0.25, 0.3) is 0 Å². The van der Waals surface area contributed by atoms with Crippen molar-refractivity contribution in [2.45, 2.75) is 64.5 Å². The summed E-state index contributed by atoms with van der Waals surface area (Å²) in [5.74, 6) is 0.582. The third kappa shape index (κ3) is 3.23. The molecule has 0 unspecified atom stereocenters. The molecule has 120 valence electrons. The van der Waals surface area contributed by atoms with Crippen LogP contribution in [0.4, 0.5) is 0 Å². The number of rotatable bonds is 5. The number of piperidine rings is 1. The largest absolute Gasteiger partial charge is 0.342 e. The Morgan fingerprint density at radius 2 is 1.95 bits per heavy atom. The van der Waals surface area contributed by atoms with E-state index in [1.807, 2.05) is 4.90 Å². The minimum Gasteiger partial charge on any atom is -0.342 e. The SMILES string of the molecule is CCCCN1C(=O)[C@H](CC(C)C)NC(=O)C12CCNCC2. The van der Waals surface area contributed by atoms with E-state index in [0.717, 1.165) is 45.2 Å². The van der Waals surface area contributed by atoms with E-state index in [1.165, 1.54) is 0 Å². The van der Waals surface area contributed by atoms with Gasteiger partial charge < -0.3 is 15.5 Å². The maximum absolute atomic E-state index is 12.9. The fraction of sp³-hybridized carbons (Fsp3) is 0.875. The van der Waals surface area contributed by atoms with Crippen molar-refractivity contribution in [2.24, 2.45) is 5.92 Å². The van der Waals surface area contributed by atoms with Gasteiger partial charge >= 0.3 is 0 Å². The third-order valence-electron chi connectivity index (χ3n) is 4.68. The molecule has 1 atom stereocenters. The first-order valence-electron chi connectivity index (χ1n) is 8.34. The molecule has 0 aromatic heterocycles. The molecular formula is C16H29N3O2. The molecule has 5 nitrogen and oxygen atoms in total. The molecule has 2 rings (SSSR count). The van der Waals surface area contributed by atoms with Gasteiger partial charge in [0, 0.05) is 6.54 Å². The molecule has 2 heterocycles. The summed E-state index contributed by atoms with van der Waals surface area (Å²) in [6.07, 6.45) is 4.17. The summed E-state index contributed by atoms with van der Waals surface area (Å²) in [5.41, 5.74) is -0.606. The molecule has 2 N–H and O–H groups in total. The van der Waals surface area contributed by atoms with Crippen LogP contribution < -0.4 is 10.6 Å². The van der Waals surface area contributed by atoms with Crippen molar-refractivity contribution in [1.82, 2.24) is 15.5 Å². The van der Waals surface area contributed by atoms with Gasteiger partial charge in [0.2, 0.25) is 11.8 Å². The van der Waals surface area contributed by atoms with E-state index >= 15 is 0 Å². The Morgan fingerprint density at radius 3 is 2.52 bits per heavy atom. The maximum atomic E-state index is 12.9. The second-order valence-corrected chi connectivity index (χ2v) is 6.78. The lowest BCUT2D eigenvalue weighted by atomic mass is 9.81. The van der Waals surface area contributed by atoms with Crippen molar-refractivity contribution in [3.63, 3.8) is 0 Å². The van der Waals surface area contributed by atoms with Crippen molar-refractivity contribution in [3.8, 4) is 0 Å². The van der Waals surface area contributed by atoms with E-state index in [-0.39, 0.29) is 17.9 Å². The predicted molar refractivity (Wildman–Crippen MR) is 82.8 cm³/mol. The fourth-order valence-corrected chi connectivity index (χ4v) is 3.48. The molecular weight excluding hydrogens is 266 g/mol. The van der Waals surface area contributed by atoms with Gasteiger partial charge in [-0.15, -0.1) is 0 Å². The highest BCUT2D eigenvalue weighted by Gasteiger charge is 2.52. The van der Waals surface area contributed by atoms with E-state index in [9.17, 15) is 9.59 Å². The summed E-state index contributed by atoms with van der Waals surface area (Å²) in [6, 6.07) is -0.338. The maximum Gasteiger partial charge on any atom is 0.246 e. The fourth-order valence-electron chi connectivity index (χ4n) is 3.48. The van der Waals surface area contributed by atoms with Gasteiger partial charge in [-0.25, -0.2) is 0 Å². The quantitative estimate of drug-likeness (QED) is 0.803. The van der Waals surface area contributed by atoms with Crippen LogP contribution in [0, 0.1) is 5.92 Å². The lowest BCUT2D eigenvalue weighted by molar-refractivity contribution is -0.160. The first kappa shape index (κ1) is 16.3. The van der Waals surface area contributed by atoms with Crippen LogP contribution in [0.5, 0.6) is 0 Å². The van der Waals surface area contributed by atoms with Crippen LogP contribution in [0.15, 0.2) is 0 Å². The van der Waals surface area contributed by atoms with Crippen LogP contribution in [0.2, 0.25) is 0 Å². The van der Waals surface area contributed by atoms with Gasteiger partial charge in [0.05, 0.1) is 0 Å². The molecule has 2 saturated heterocycles. The van der Waals surface area contributed by atoms with Crippen LogP contribution in [0.1, 0.15) is 52.9 Å². The van der Waals surface area contributed by atoms with Crippen LogP contribution in [0.3, 0.4) is 0 Å². The summed E-state index contributed by atoms with van der Waals surface area (Å²) in [5, 5.41) is 6.30. The molecule has 5 heteroatoms. The number of carbonyl (C=O) groups excluding carboxylic acids is 2. The second-order valence-electron chi connectivity index (χ2n) is 6.78. The Labute approximate surface area is 127 Å². The molecule has 1 spiro atoms. The van der Waals surface area contributed by atoms with Gasteiger partial charge in [-0.1, -0.05) is 27.2 Å². The predicted octanol–water partition coefficient (Wildman–Crippen LogP) is 1.28. The zero-order valence-corrected chi connectivity index (χ0v) is 13.6. The molecule has 2 aliphatic rings. The summed E-state index contributed by atoms with van der Waals surface area (Å²) >= 11 is 0. The summed E-state index contributed by atoms with van der Waals surface area (Å²) in [4.78, 5) is 27.5. The molecule has 21 heavy (non-hydrogen) atoms. The first-order chi connectivity index (χ1) is 10.0. The molecule has 2 fully saturated rings. The molecule has 0 aromatic carbocycles. The van der Waals surface area contributed by atoms with Gasteiger partial charge in [-0.2, -0.15) is 0 Å². The zero-order chi connectivity index (χ0) is 15.5. The van der Waals surface area contributed by atoms with Crippen molar-refractivity contribution >= 4 is 11.8 Å².